The molecule has 2 fully saturated rings. The van der Waals surface area contributed by atoms with E-state index in [0.29, 0.717) is 12.0 Å². The molecule has 4 heteroatoms. The summed E-state index contributed by atoms with van der Waals surface area (Å²) in [6.07, 6.45) is 0.556. The van der Waals surface area contributed by atoms with E-state index in [4.69, 9.17) is 0 Å². The highest BCUT2D eigenvalue weighted by atomic mass is 16.3. The minimum absolute atomic E-state index is 0.0398. The zero-order valence-corrected chi connectivity index (χ0v) is 15.4. The van der Waals surface area contributed by atoms with Gasteiger partial charge in [0.2, 0.25) is 0 Å². The predicted molar refractivity (Wildman–Crippen MR) is 105 cm³/mol. The van der Waals surface area contributed by atoms with Crippen LogP contribution in [0.5, 0.6) is 0 Å². The number of nitrogens with zero attached hydrogens (tertiary/aromatic N) is 1. The highest BCUT2D eigenvalue weighted by Gasteiger charge is 2.51. The molecule has 2 aliphatic rings. The minimum atomic E-state index is -0.491. The Bertz CT molecular complexity index is 706. The maximum atomic E-state index is 10.1. The molecule has 0 spiro atoms. The maximum absolute atomic E-state index is 10.1. The number of rotatable bonds is 5. The van der Waals surface area contributed by atoms with Gasteiger partial charge in [0.05, 0.1) is 0 Å². The van der Waals surface area contributed by atoms with E-state index in [0.717, 1.165) is 32.6 Å². The molecule has 2 heterocycles. The number of piperidine rings is 1. The van der Waals surface area contributed by atoms with Crippen molar-refractivity contribution in [2.45, 2.75) is 37.7 Å². The summed E-state index contributed by atoms with van der Waals surface area (Å²) in [5.41, 5.74) is 2.67. The summed E-state index contributed by atoms with van der Waals surface area (Å²) in [7, 11) is 0. The summed E-state index contributed by atoms with van der Waals surface area (Å²) in [5.74, 6) is 0.428. The van der Waals surface area contributed by atoms with Crippen LogP contribution in [0.25, 0.3) is 0 Å². The van der Waals surface area contributed by atoms with Gasteiger partial charge in [-0.25, -0.2) is 0 Å². The first-order chi connectivity index (χ1) is 12.7. The van der Waals surface area contributed by atoms with Crippen LogP contribution >= 0.6 is 0 Å². The number of likely N-dealkylation sites (tertiary alicyclic amines) is 1. The van der Waals surface area contributed by atoms with Crippen LogP contribution in [-0.2, 0) is 6.54 Å². The van der Waals surface area contributed by atoms with Crippen molar-refractivity contribution in [3.8, 4) is 0 Å². The van der Waals surface area contributed by atoms with Crippen LogP contribution in [-0.4, -0.2) is 41.4 Å². The first kappa shape index (κ1) is 17.7. The monoisotopic (exact) mass is 351 g/mol. The average molecular weight is 351 g/mol. The molecule has 3 N–H and O–H groups in total. The number of fused-ring (bicyclic) bond motifs is 1. The molecular formula is C22H29N3O. The highest BCUT2D eigenvalue weighted by molar-refractivity contribution is 5.25. The fraction of sp³-hybridized carbons (Fsp3) is 0.455. The van der Waals surface area contributed by atoms with E-state index in [1.165, 1.54) is 11.1 Å². The summed E-state index contributed by atoms with van der Waals surface area (Å²) in [6, 6.07) is 21.8. The molecule has 2 aliphatic heterocycles. The largest absolute Gasteiger partial charge is 0.379 e. The summed E-state index contributed by atoms with van der Waals surface area (Å²) in [5, 5.41) is 17.3. The first-order valence-corrected chi connectivity index (χ1v) is 9.67. The molecule has 26 heavy (non-hydrogen) atoms. The van der Waals surface area contributed by atoms with Crippen LogP contribution < -0.4 is 10.6 Å². The van der Waals surface area contributed by atoms with Gasteiger partial charge in [0, 0.05) is 43.7 Å². The zero-order valence-electron chi connectivity index (χ0n) is 15.4. The molecule has 0 saturated carbocycles. The second-order valence-electron chi connectivity index (χ2n) is 7.82. The lowest BCUT2D eigenvalue weighted by molar-refractivity contribution is 0.0342. The predicted octanol–water partition coefficient (Wildman–Crippen LogP) is 2.52. The second kappa shape index (κ2) is 7.49. The molecule has 0 amide bonds. The quantitative estimate of drug-likeness (QED) is 0.725. The lowest BCUT2D eigenvalue weighted by atomic mass is 9.75. The summed E-state index contributed by atoms with van der Waals surface area (Å²) < 4.78 is 0. The van der Waals surface area contributed by atoms with Crippen molar-refractivity contribution in [3.63, 3.8) is 0 Å². The van der Waals surface area contributed by atoms with Crippen molar-refractivity contribution >= 4 is 0 Å². The van der Waals surface area contributed by atoms with Crippen molar-refractivity contribution < 1.29 is 5.11 Å². The van der Waals surface area contributed by atoms with Gasteiger partial charge < -0.3 is 10.4 Å². The van der Waals surface area contributed by atoms with Gasteiger partial charge in [0.15, 0.2) is 0 Å². The van der Waals surface area contributed by atoms with E-state index < -0.39 is 6.23 Å². The Morgan fingerprint density at radius 1 is 1.15 bits per heavy atom. The summed E-state index contributed by atoms with van der Waals surface area (Å²) in [6.45, 7) is 5.80. The Balaban J connectivity index is 1.57. The Kier molecular flexibility index (Phi) is 5.09. The Labute approximate surface area is 156 Å². The highest BCUT2D eigenvalue weighted by Crippen LogP contribution is 2.42. The third kappa shape index (κ3) is 3.55. The normalized spacial score (nSPS) is 30.1. The number of hydrogen-bond donors (Lipinski definition) is 3. The lowest BCUT2D eigenvalue weighted by Crippen LogP contribution is -2.61. The fourth-order valence-corrected chi connectivity index (χ4v) is 4.81. The molecule has 2 aromatic rings. The number of nitrogens with one attached hydrogen (secondary N) is 2. The lowest BCUT2D eigenvalue weighted by Gasteiger charge is -2.46. The van der Waals surface area contributed by atoms with Gasteiger partial charge in [0.1, 0.15) is 6.23 Å². The van der Waals surface area contributed by atoms with Crippen LogP contribution in [0, 0.1) is 5.92 Å². The smallest absolute Gasteiger partial charge is 0.102 e. The molecule has 0 aromatic heterocycles. The summed E-state index contributed by atoms with van der Waals surface area (Å²) in [4.78, 5) is 2.56. The third-order valence-electron chi connectivity index (χ3n) is 5.98. The molecule has 2 saturated heterocycles. The Morgan fingerprint density at radius 2 is 1.85 bits per heavy atom. The Morgan fingerprint density at radius 3 is 2.54 bits per heavy atom. The molecule has 4 rings (SSSR count). The van der Waals surface area contributed by atoms with E-state index in [-0.39, 0.29) is 5.54 Å². The van der Waals surface area contributed by atoms with Gasteiger partial charge in [-0.15, -0.1) is 0 Å². The van der Waals surface area contributed by atoms with E-state index in [2.05, 4.69) is 76.2 Å². The van der Waals surface area contributed by atoms with Crippen LogP contribution in [0.15, 0.2) is 60.7 Å². The number of benzene rings is 2. The van der Waals surface area contributed by atoms with Gasteiger partial charge in [-0.1, -0.05) is 60.7 Å². The van der Waals surface area contributed by atoms with Crippen LogP contribution in [0.4, 0.5) is 0 Å². The number of aliphatic hydroxyl groups is 1. The topological polar surface area (TPSA) is 47.5 Å². The van der Waals surface area contributed by atoms with Crippen LogP contribution in [0.2, 0.25) is 0 Å². The van der Waals surface area contributed by atoms with Crippen molar-refractivity contribution in [1.29, 1.82) is 0 Å². The maximum Gasteiger partial charge on any atom is 0.102 e. The van der Waals surface area contributed by atoms with E-state index in [1.807, 2.05) is 6.92 Å². The average Bonchev–Trinajstić information content (AvgIpc) is 3.01. The molecular weight excluding hydrogens is 322 g/mol. The van der Waals surface area contributed by atoms with Gasteiger partial charge in [0.25, 0.3) is 0 Å². The van der Waals surface area contributed by atoms with Gasteiger partial charge in [-0.2, -0.15) is 0 Å². The molecule has 4 atom stereocenters. The van der Waals surface area contributed by atoms with Crippen molar-refractivity contribution in [2.75, 3.05) is 19.6 Å². The molecule has 4 nitrogen and oxygen atoms in total. The third-order valence-corrected chi connectivity index (χ3v) is 5.98. The van der Waals surface area contributed by atoms with Crippen LogP contribution in [0.3, 0.4) is 0 Å². The first-order valence-electron chi connectivity index (χ1n) is 9.67. The second-order valence-corrected chi connectivity index (χ2v) is 7.82. The number of aliphatic hydroxyl groups excluding tert-OH is 1. The molecule has 2 aromatic carbocycles. The molecule has 0 aliphatic carbocycles. The Hall–Kier alpha value is -1.72. The van der Waals surface area contributed by atoms with Gasteiger partial charge in [-0.05, 0) is 24.5 Å². The summed E-state index contributed by atoms with van der Waals surface area (Å²) >= 11 is 0. The van der Waals surface area contributed by atoms with E-state index in [9.17, 15) is 5.11 Å². The SMILES string of the molecule is CC(O)N[C@@]12CCN(Cc3ccccc3)C[C@@H]1[C@@H](c1ccccc1)NC2. The van der Waals surface area contributed by atoms with Crippen molar-refractivity contribution in [2.24, 2.45) is 5.92 Å². The van der Waals surface area contributed by atoms with Gasteiger partial charge in [-0.3, -0.25) is 10.2 Å². The molecule has 0 radical (unpaired) electrons. The zero-order chi connectivity index (χ0) is 18.0. The molecule has 138 valence electrons. The fourth-order valence-electron chi connectivity index (χ4n) is 4.81. The van der Waals surface area contributed by atoms with Crippen LogP contribution in [0.1, 0.15) is 30.5 Å². The minimum Gasteiger partial charge on any atom is -0.379 e. The molecule has 1 unspecified atom stereocenters. The van der Waals surface area contributed by atoms with E-state index >= 15 is 0 Å². The standard InChI is InChI=1S/C22H29N3O/c1-17(26)24-22-12-13-25(14-18-8-4-2-5-9-18)15-20(22)21(23-16-22)19-10-6-3-7-11-19/h2-11,17,20-21,23-24,26H,12-16H2,1H3/t17?,20-,21-,22-/m1/s1. The van der Waals surface area contributed by atoms with Gasteiger partial charge >= 0.3 is 0 Å². The number of hydrogen-bond acceptors (Lipinski definition) is 4. The van der Waals surface area contributed by atoms with Crippen molar-refractivity contribution in [3.05, 3.63) is 71.8 Å². The van der Waals surface area contributed by atoms with E-state index in [1.54, 1.807) is 0 Å². The van der Waals surface area contributed by atoms with Crippen molar-refractivity contribution in [1.82, 2.24) is 15.5 Å². The molecule has 0 bridgehead atoms.